The van der Waals surface area contributed by atoms with E-state index < -0.39 is 5.60 Å². The highest BCUT2D eigenvalue weighted by atomic mass is 16.6. The SMILES string of the molecule is CC(C)(C)OC(=O)N(c1ncccc1[C@H]1CCCCN1)C1CC1. The molecule has 0 bridgehead atoms. The quantitative estimate of drug-likeness (QED) is 0.921. The second-order valence-corrected chi connectivity index (χ2v) is 7.50. The molecule has 1 aromatic heterocycles. The van der Waals surface area contributed by atoms with E-state index in [1.54, 1.807) is 11.1 Å². The van der Waals surface area contributed by atoms with Crippen LogP contribution in [0.3, 0.4) is 0 Å². The number of pyridine rings is 1. The van der Waals surface area contributed by atoms with Crippen LogP contribution in [0.25, 0.3) is 0 Å². The second kappa shape index (κ2) is 6.48. The van der Waals surface area contributed by atoms with Crippen molar-refractivity contribution in [1.29, 1.82) is 0 Å². The normalized spacial score (nSPS) is 21.8. The number of carbonyl (C=O) groups is 1. The molecular weight excluding hydrogens is 290 g/mol. The molecule has 2 aliphatic rings. The number of anilines is 1. The highest BCUT2D eigenvalue weighted by molar-refractivity contribution is 5.89. The number of nitrogens with one attached hydrogen (secondary N) is 1. The summed E-state index contributed by atoms with van der Waals surface area (Å²) in [6, 6.07) is 4.54. The van der Waals surface area contributed by atoms with E-state index in [4.69, 9.17) is 4.74 Å². The number of hydrogen-bond donors (Lipinski definition) is 1. The smallest absolute Gasteiger partial charge is 0.416 e. The van der Waals surface area contributed by atoms with Gasteiger partial charge in [0.25, 0.3) is 0 Å². The Kier molecular flexibility index (Phi) is 4.57. The van der Waals surface area contributed by atoms with E-state index in [0.717, 1.165) is 37.2 Å². The van der Waals surface area contributed by atoms with Gasteiger partial charge >= 0.3 is 6.09 Å². The number of carbonyl (C=O) groups excluding carboxylic acids is 1. The molecule has 1 aliphatic carbocycles. The van der Waals surface area contributed by atoms with E-state index in [0.29, 0.717) is 0 Å². The summed E-state index contributed by atoms with van der Waals surface area (Å²) in [4.78, 5) is 19.0. The maximum Gasteiger partial charge on any atom is 0.416 e. The van der Waals surface area contributed by atoms with Crippen molar-refractivity contribution < 1.29 is 9.53 Å². The molecule has 23 heavy (non-hydrogen) atoms. The molecule has 3 rings (SSSR count). The minimum Gasteiger partial charge on any atom is -0.443 e. The van der Waals surface area contributed by atoms with Crippen LogP contribution in [0.1, 0.15) is 64.5 Å². The molecule has 2 fully saturated rings. The van der Waals surface area contributed by atoms with Crippen molar-refractivity contribution in [2.24, 2.45) is 0 Å². The highest BCUT2D eigenvalue weighted by Gasteiger charge is 2.39. The van der Waals surface area contributed by atoms with Crippen LogP contribution in [-0.4, -0.2) is 29.3 Å². The number of hydrogen-bond acceptors (Lipinski definition) is 4. The van der Waals surface area contributed by atoms with Crippen LogP contribution in [-0.2, 0) is 4.74 Å². The summed E-state index contributed by atoms with van der Waals surface area (Å²) in [5.74, 6) is 0.767. The van der Waals surface area contributed by atoms with Crippen LogP contribution in [0.2, 0.25) is 0 Å². The first-order valence-corrected chi connectivity index (χ1v) is 8.66. The number of amides is 1. The van der Waals surface area contributed by atoms with Gasteiger partial charge in [-0.25, -0.2) is 9.78 Å². The minimum atomic E-state index is -0.498. The molecule has 1 N–H and O–H groups in total. The lowest BCUT2D eigenvalue weighted by Crippen LogP contribution is -2.40. The molecule has 1 atom stereocenters. The van der Waals surface area contributed by atoms with Crippen molar-refractivity contribution in [1.82, 2.24) is 10.3 Å². The third kappa shape index (κ3) is 4.02. The van der Waals surface area contributed by atoms with Crippen molar-refractivity contribution in [2.45, 2.75) is 70.6 Å². The first-order valence-electron chi connectivity index (χ1n) is 8.66. The summed E-state index contributed by atoms with van der Waals surface area (Å²) in [5.41, 5.74) is 0.618. The molecule has 1 amide bonds. The average Bonchev–Trinajstić information content (AvgIpc) is 3.32. The fraction of sp³-hybridized carbons (Fsp3) is 0.667. The van der Waals surface area contributed by atoms with Gasteiger partial charge in [-0.2, -0.15) is 0 Å². The minimum absolute atomic E-state index is 0.224. The Labute approximate surface area is 138 Å². The Balaban J connectivity index is 1.89. The van der Waals surface area contributed by atoms with Crippen LogP contribution >= 0.6 is 0 Å². The fourth-order valence-electron chi connectivity index (χ4n) is 3.05. The average molecular weight is 317 g/mol. The van der Waals surface area contributed by atoms with Crippen molar-refractivity contribution in [3.8, 4) is 0 Å². The molecule has 126 valence electrons. The molecule has 2 heterocycles. The van der Waals surface area contributed by atoms with Gasteiger partial charge in [0.2, 0.25) is 0 Å². The van der Waals surface area contributed by atoms with Gasteiger partial charge in [-0.1, -0.05) is 12.5 Å². The Bertz CT molecular complexity index is 558. The Morgan fingerprint density at radius 3 is 2.70 bits per heavy atom. The number of aromatic nitrogens is 1. The van der Waals surface area contributed by atoms with Gasteiger partial charge in [0.05, 0.1) is 0 Å². The summed E-state index contributed by atoms with van der Waals surface area (Å²) in [6.45, 7) is 6.73. The second-order valence-electron chi connectivity index (χ2n) is 7.50. The predicted molar refractivity (Wildman–Crippen MR) is 90.6 cm³/mol. The van der Waals surface area contributed by atoms with E-state index in [1.165, 1.54) is 12.8 Å². The van der Waals surface area contributed by atoms with Crippen LogP contribution in [0, 0.1) is 0 Å². The molecule has 1 aromatic rings. The lowest BCUT2D eigenvalue weighted by molar-refractivity contribution is 0.0576. The van der Waals surface area contributed by atoms with Gasteiger partial charge in [-0.3, -0.25) is 4.90 Å². The fourth-order valence-corrected chi connectivity index (χ4v) is 3.05. The van der Waals surface area contributed by atoms with Crippen molar-refractivity contribution in [3.05, 3.63) is 23.9 Å². The molecule has 5 nitrogen and oxygen atoms in total. The van der Waals surface area contributed by atoms with E-state index in [-0.39, 0.29) is 18.2 Å². The zero-order chi connectivity index (χ0) is 16.4. The molecule has 1 aliphatic heterocycles. The standard InChI is InChI=1S/C18H27N3O2/c1-18(2,3)23-17(22)21(13-9-10-13)16-14(7-6-12-20-16)15-8-4-5-11-19-15/h6-7,12-13,15,19H,4-5,8-11H2,1-3H3/t15-/m1/s1. The number of nitrogens with zero attached hydrogens (tertiary/aromatic N) is 2. The van der Waals surface area contributed by atoms with Crippen molar-refractivity contribution >= 4 is 11.9 Å². The third-order valence-electron chi connectivity index (χ3n) is 4.23. The van der Waals surface area contributed by atoms with Crippen LogP contribution in [0.15, 0.2) is 18.3 Å². The van der Waals surface area contributed by atoms with Crippen LogP contribution in [0.4, 0.5) is 10.6 Å². The predicted octanol–water partition coefficient (Wildman–Crippen LogP) is 3.80. The maximum atomic E-state index is 12.7. The summed E-state index contributed by atoms with van der Waals surface area (Å²) in [6.07, 6.45) is 7.04. The molecule has 1 saturated heterocycles. The van der Waals surface area contributed by atoms with Gasteiger partial charge in [-0.05, 0) is 59.1 Å². The number of rotatable bonds is 3. The van der Waals surface area contributed by atoms with E-state index >= 15 is 0 Å². The largest absolute Gasteiger partial charge is 0.443 e. The zero-order valence-corrected chi connectivity index (χ0v) is 14.3. The van der Waals surface area contributed by atoms with Gasteiger partial charge in [0, 0.05) is 23.8 Å². The van der Waals surface area contributed by atoms with Gasteiger partial charge in [0.1, 0.15) is 11.4 Å². The summed E-state index contributed by atoms with van der Waals surface area (Å²) < 4.78 is 5.62. The van der Waals surface area contributed by atoms with Crippen LogP contribution < -0.4 is 10.2 Å². The molecule has 0 spiro atoms. The molecule has 5 heteroatoms. The maximum absolute atomic E-state index is 12.7. The third-order valence-corrected chi connectivity index (χ3v) is 4.23. The molecule has 0 aromatic carbocycles. The lowest BCUT2D eigenvalue weighted by Gasteiger charge is -2.31. The first-order chi connectivity index (χ1) is 11.0. The van der Waals surface area contributed by atoms with E-state index in [9.17, 15) is 4.79 Å². The lowest BCUT2D eigenvalue weighted by atomic mass is 9.97. The number of piperidine rings is 1. The van der Waals surface area contributed by atoms with Gasteiger partial charge in [0.15, 0.2) is 0 Å². The highest BCUT2D eigenvalue weighted by Crippen LogP contribution is 2.37. The summed E-state index contributed by atoms with van der Waals surface area (Å²) in [7, 11) is 0. The molecular formula is C18H27N3O2. The van der Waals surface area contributed by atoms with Crippen molar-refractivity contribution in [2.75, 3.05) is 11.4 Å². The topological polar surface area (TPSA) is 54.5 Å². The Morgan fingerprint density at radius 1 is 1.30 bits per heavy atom. The molecule has 0 radical (unpaired) electrons. The molecule has 1 saturated carbocycles. The monoisotopic (exact) mass is 317 g/mol. The molecule has 0 unspecified atom stereocenters. The van der Waals surface area contributed by atoms with Gasteiger partial charge < -0.3 is 10.1 Å². The van der Waals surface area contributed by atoms with E-state index in [2.05, 4.69) is 16.4 Å². The zero-order valence-electron chi connectivity index (χ0n) is 14.3. The van der Waals surface area contributed by atoms with Crippen molar-refractivity contribution in [3.63, 3.8) is 0 Å². The first kappa shape index (κ1) is 16.2. The Morgan fingerprint density at radius 2 is 2.09 bits per heavy atom. The van der Waals surface area contributed by atoms with Crippen LogP contribution in [0.5, 0.6) is 0 Å². The number of ether oxygens (including phenoxy) is 1. The summed E-state index contributed by atoms with van der Waals surface area (Å²) >= 11 is 0. The Hall–Kier alpha value is -1.62. The van der Waals surface area contributed by atoms with E-state index in [1.807, 2.05) is 26.8 Å². The van der Waals surface area contributed by atoms with Gasteiger partial charge in [-0.15, -0.1) is 0 Å². The summed E-state index contributed by atoms with van der Waals surface area (Å²) in [5, 5.41) is 3.56.